The lowest BCUT2D eigenvalue weighted by Crippen LogP contribution is -1.92. The molecule has 0 aliphatic carbocycles. The van der Waals surface area contributed by atoms with Crippen molar-refractivity contribution < 1.29 is 4.42 Å². The van der Waals surface area contributed by atoms with E-state index in [4.69, 9.17) is 16.0 Å². The Kier molecular flexibility index (Phi) is 1.61. The molecule has 74 valence electrons. The molecule has 0 unspecified atom stereocenters. The van der Waals surface area contributed by atoms with Gasteiger partial charge in [-0.2, -0.15) is 0 Å². The Morgan fingerprint density at radius 3 is 3.07 bits per heavy atom. The molecular weight excluding hydrogens is 216 g/mol. The van der Waals surface area contributed by atoms with Crippen LogP contribution in [0.2, 0.25) is 5.28 Å². The van der Waals surface area contributed by atoms with E-state index in [2.05, 4.69) is 9.97 Å². The predicted molar refractivity (Wildman–Crippen MR) is 57.1 cm³/mol. The molecule has 1 aromatic carbocycles. The first-order valence-electron chi connectivity index (χ1n) is 4.31. The van der Waals surface area contributed by atoms with Gasteiger partial charge in [0.15, 0.2) is 11.0 Å². The van der Waals surface area contributed by atoms with Crippen LogP contribution in [-0.4, -0.2) is 9.97 Å². The lowest BCUT2D eigenvalue weighted by Gasteiger charge is -1.90. The lowest BCUT2D eigenvalue weighted by atomic mass is 10.2. The van der Waals surface area contributed by atoms with Crippen molar-refractivity contribution in [3.05, 3.63) is 39.9 Å². The number of nitrogens with one attached hydrogen (secondary N) is 1. The van der Waals surface area contributed by atoms with Crippen molar-refractivity contribution in [3.63, 3.8) is 0 Å². The molecule has 0 saturated carbocycles. The number of hydrogen-bond acceptors (Lipinski definition) is 3. The van der Waals surface area contributed by atoms with Crippen LogP contribution in [0.15, 0.2) is 33.6 Å². The third-order valence-corrected chi connectivity index (χ3v) is 2.40. The van der Waals surface area contributed by atoms with Gasteiger partial charge in [-0.3, -0.25) is 4.79 Å². The van der Waals surface area contributed by atoms with E-state index >= 15 is 0 Å². The maximum absolute atomic E-state index is 11.1. The molecule has 0 radical (unpaired) electrons. The maximum atomic E-state index is 11.1. The second kappa shape index (κ2) is 2.84. The van der Waals surface area contributed by atoms with Gasteiger partial charge in [-0.25, -0.2) is 4.98 Å². The smallest absolute Gasteiger partial charge is 0.200 e. The van der Waals surface area contributed by atoms with Crippen LogP contribution in [0.4, 0.5) is 0 Å². The number of nitrogens with zero attached hydrogens (tertiary/aromatic N) is 1. The molecule has 0 saturated heterocycles. The third-order valence-electron chi connectivity index (χ3n) is 2.21. The van der Waals surface area contributed by atoms with E-state index in [0.29, 0.717) is 11.2 Å². The average Bonchev–Trinajstić information content (AvgIpc) is 2.54. The maximum Gasteiger partial charge on any atom is 0.200 e. The Hall–Kier alpha value is -1.81. The van der Waals surface area contributed by atoms with Gasteiger partial charge in [0.2, 0.25) is 5.28 Å². The second-order valence-electron chi connectivity index (χ2n) is 3.17. The van der Waals surface area contributed by atoms with Gasteiger partial charge in [-0.1, -0.05) is 0 Å². The molecule has 15 heavy (non-hydrogen) atoms. The highest BCUT2D eigenvalue weighted by atomic mass is 35.5. The van der Waals surface area contributed by atoms with Gasteiger partial charge in [-0.15, -0.1) is 0 Å². The fourth-order valence-corrected chi connectivity index (χ4v) is 1.71. The molecule has 2 aromatic heterocycles. The van der Waals surface area contributed by atoms with Gasteiger partial charge < -0.3 is 9.40 Å². The van der Waals surface area contributed by atoms with Crippen LogP contribution in [0.25, 0.3) is 22.1 Å². The van der Waals surface area contributed by atoms with Crippen molar-refractivity contribution in [2.75, 3.05) is 0 Å². The van der Waals surface area contributed by atoms with Crippen molar-refractivity contribution in [2.45, 2.75) is 0 Å². The Balaban J connectivity index is 2.58. The number of aromatic nitrogens is 2. The number of rotatable bonds is 0. The number of aromatic amines is 1. The first kappa shape index (κ1) is 8.49. The zero-order chi connectivity index (χ0) is 10.4. The summed E-state index contributed by atoms with van der Waals surface area (Å²) in [7, 11) is 0. The summed E-state index contributed by atoms with van der Waals surface area (Å²) in [4.78, 5) is 17.9. The number of hydrogen-bond donors (Lipinski definition) is 1. The topological polar surface area (TPSA) is 58.9 Å². The molecule has 0 spiro atoms. The molecule has 1 N–H and O–H groups in total. The Morgan fingerprint density at radius 2 is 2.20 bits per heavy atom. The third kappa shape index (κ3) is 1.22. The van der Waals surface area contributed by atoms with E-state index in [1.165, 1.54) is 18.3 Å². The van der Waals surface area contributed by atoms with E-state index in [-0.39, 0.29) is 10.7 Å². The first-order valence-corrected chi connectivity index (χ1v) is 4.69. The molecule has 0 fully saturated rings. The summed E-state index contributed by atoms with van der Waals surface area (Å²) in [6.45, 7) is 0. The Bertz CT molecular complexity index is 714. The molecule has 2 heterocycles. The molecule has 0 aliphatic rings. The van der Waals surface area contributed by atoms with Crippen molar-refractivity contribution in [1.29, 1.82) is 0 Å². The molecule has 0 aliphatic heterocycles. The zero-order valence-corrected chi connectivity index (χ0v) is 8.21. The van der Waals surface area contributed by atoms with Crippen molar-refractivity contribution in [3.8, 4) is 0 Å². The number of H-pyrrole nitrogens is 1. The summed E-state index contributed by atoms with van der Waals surface area (Å²) in [5.74, 6) is 0. The van der Waals surface area contributed by atoms with E-state index < -0.39 is 0 Å². The molecule has 3 aromatic rings. The van der Waals surface area contributed by atoms with Crippen LogP contribution in [0.1, 0.15) is 0 Å². The van der Waals surface area contributed by atoms with Crippen LogP contribution >= 0.6 is 11.6 Å². The minimum Gasteiger partial charge on any atom is -0.453 e. The van der Waals surface area contributed by atoms with Gasteiger partial charge in [0, 0.05) is 11.5 Å². The summed E-state index contributed by atoms with van der Waals surface area (Å²) in [6, 6.07) is 4.63. The van der Waals surface area contributed by atoms with E-state index in [0.717, 1.165) is 10.9 Å². The fraction of sp³-hybridized carbons (Fsp3) is 0. The van der Waals surface area contributed by atoms with Crippen LogP contribution in [0, 0.1) is 0 Å². The highest BCUT2D eigenvalue weighted by molar-refractivity contribution is 6.28. The minimum atomic E-state index is -0.0828. The minimum absolute atomic E-state index is 0.0828. The van der Waals surface area contributed by atoms with Gasteiger partial charge in [0.1, 0.15) is 5.58 Å². The molecule has 3 rings (SSSR count). The zero-order valence-electron chi connectivity index (χ0n) is 7.45. The highest BCUT2D eigenvalue weighted by Crippen LogP contribution is 2.25. The van der Waals surface area contributed by atoms with E-state index in [1.807, 2.05) is 0 Å². The number of furan rings is 1. The average molecular weight is 221 g/mol. The van der Waals surface area contributed by atoms with Gasteiger partial charge in [0.25, 0.3) is 0 Å². The van der Waals surface area contributed by atoms with E-state index in [1.54, 1.807) is 6.07 Å². The van der Waals surface area contributed by atoms with Crippen LogP contribution in [-0.2, 0) is 0 Å². The number of halogens is 1. The highest BCUT2D eigenvalue weighted by Gasteiger charge is 2.07. The monoisotopic (exact) mass is 220 g/mol. The van der Waals surface area contributed by atoms with Gasteiger partial charge in [0.05, 0.1) is 11.7 Å². The Morgan fingerprint density at radius 1 is 1.33 bits per heavy atom. The molecule has 0 atom stereocenters. The summed E-state index contributed by atoms with van der Waals surface area (Å²) in [6.07, 6.45) is 1.53. The summed E-state index contributed by atoms with van der Waals surface area (Å²) >= 11 is 5.74. The molecular formula is C10H5ClN2O2. The normalized spacial score (nSPS) is 11.3. The SMILES string of the molecule is O=c1ccc2c(c1)oc1cnc(Cl)[nH]c12. The molecule has 0 amide bonds. The van der Waals surface area contributed by atoms with Crippen LogP contribution in [0.3, 0.4) is 0 Å². The van der Waals surface area contributed by atoms with Crippen LogP contribution < -0.4 is 5.43 Å². The van der Waals surface area contributed by atoms with Crippen molar-refractivity contribution in [2.24, 2.45) is 0 Å². The molecule has 4 nitrogen and oxygen atoms in total. The largest absolute Gasteiger partial charge is 0.453 e. The van der Waals surface area contributed by atoms with Gasteiger partial charge in [-0.05, 0) is 23.7 Å². The number of fused-ring (bicyclic) bond motifs is 3. The summed E-state index contributed by atoms with van der Waals surface area (Å²) in [5, 5.41) is 1.12. The van der Waals surface area contributed by atoms with Gasteiger partial charge >= 0.3 is 0 Å². The fourth-order valence-electron chi connectivity index (χ4n) is 1.57. The van der Waals surface area contributed by atoms with E-state index in [9.17, 15) is 4.79 Å². The predicted octanol–water partition coefficient (Wildman–Crippen LogP) is 2.32. The van der Waals surface area contributed by atoms with Crippen molar-refractivity contribution in [1.82, 2.24) is 9.97 Å². The Labute approximate surface area is 88.5 Å². The summed E-state index contributed by atoms with van der Waals surface area (Å²) < 4.78 is 5.44. The van der Waals surface area contributed by atoms with Crippen LogP contribution in [0.5, 0.6) is 0 Å². The first-order chi connectivity index (χ1) is 7.24. The number of benzene rings is 1. The summed E-state index contributed by atoms with van der Waals surface area (Å²) in [5.41, 5.74) is 1.79. The molecule has 5 heteroatoms. The standard InChI is InChI=1S/C10H5ClN2O2/c11-10-12-4-8-9(13-10)6-2-1-5(14)3-7(6)15-8/h1-4H,(H,12,13). The van der Waals surface area contributed by atoms with Crippen molar-refractivity contribution >= 4 is 33.7 Å². The lowest BCUT2D eigenvalue weighted by molar-refractivity contribution is 0.665. The quantitative estimate of drug-likeness (QED) is 0.592. The second-order valence-corrected chi connectivity index (χ2v) is 3.53. The molecule has 0 bridgehead atoms.